The topological polar surface area (TPSA) is 37.9 Å². The van der Waals surface area contributed by atoms with Gasteiger partial charge in [0.25, 0.3) is 0 Å². The third-order valence-corrected chi connectivity index (χ3v) is 3.79. The van der Waals surface area contributed by atoms with Crippen molar-refractivity contribution in [3.05, 3.63) is 18.0 Å². The number of hydrogen-bond donors (Lipinski definition) is 1. The van der Waals surface area contributed by atoms with E-state index in [0.29, 0.717) is 5.04 Å². The molecule has 0 atom stereocenters. The second-order valence-corrected chi connectivity index (χ2v) is 8.05. The lowest BCUT2D eigenvalue weighted by Gasteiger charge is -2.29. The molecule has 80 valence electrons. The molecule has 0 aliphatic heterocycles. The molecule has 0 saturated heterocycles. The molecule has 0 aliphatic rings. The Morgan fingerprint density at radius 1 is 1.29 bits per heavy atom. The van der Waals surface area contributed by atoms with E-state index in [9.17, 15) is 0 Å². The summed E-state index contributed by atoms with van der Waals surface area (Å²) in [5.74, 6) is 0. The first-order valence-corrected chi connectivity index (χ1v) is 6.23. The summed E-state index contributed by atoms with van der Waals surface area (Å²) in [4.78, 5) is 0. The van der Waals surface area contributed by atoms with E-state index in [1.165, 1.54) is 0 Å². The average Bonchev–Trinajstić information content (AvgIpc) is 2.52. The molecule has 0 radical (unpaired) electrons. The van der Waals surface area contributed by atoms with Crippen LogP contribution in [0.5, 0.6) is 0 Å². The number of aromatic amines is 1. The monoisotopic (exact) mass is 212 g/mol. The quantitative estimate of drug-likeness (QED) is 0.778. The summed E-state index contributed by atoms with van der Waals surface area (Å²) in [5, 5.41) is 7.10. The molecule has 0 saturated carbocycles. The van der Waals surface area contributed by atoms with E-state index in [-0.39, 0.29) is 5.60 Å². The first-order valence-electron chi connectivity index (χ1n) is 4.94. The van der Waals surface area contributed by atoms with E-state index in [1.54, 1.807) is 0 Å². The molecule has 1 N–H and O–H groups in total. The molecule has 0 fully saturated rings. The molecule has 0 aliphatic carbocycles. The van der Waals surface area contributed by atoms with Gasteiger partial charge in [-0.05, 0) is 18.9 Å². The summed E-state index contributed by atoms with van der Waals surface area (Å²) in [7, 11) is -0.518. The molecule has 1 aromatic rings. The van der Waals surface area contributed by atoms with Gasteiger partial charge < -0.3 is 4.43 Å². The van der Waals surface area contributed by atoms with E-state index in [2.05, 4.69) is 44.8 Å². The Balaban J connectivity index is 2.59. The minimum absolute atomic E-state index is 0.202. The molecule has 1 aromatic heterocycles. The molecule has 4 heteroatoms. The Bertz CT molecular complexity index is 275. The largest absolute Gasteiger partial charge is 0.414 e. The van der Waals surface area contributed by atoms with Gasteiger partial charge in [-0.15, -0.1) is 0 Å². The number of rotatable bonds is 3. The van der Waals surface area contributed by atoms with Crippen LogP contribution in [-0.4, -0.2) is 20.0 Å². The van der Waals surface area contributed by atoms with Crippen molar-refractivity contribution >= 4 is 9.76 Å². The molecule has 14 heavy (non-hydrogen) atoms. The van der Waals surface area contributed by atoms with Crippen LogP contribution in [0, 0.1) is 0 Å². The van der Waals surface area contributed by atoms with Crippen molar-refractivity contribution in [2.45, 2.75) is 45.3 Å². The zero-order valence-corrected chi connectivity index (χ0v) is 11.1. The fourth-order valence-corrected chi connectivity index (χ4v) is 2.02. The molecule has 0 bridgehead atoms. The van der Waals surface area contributed by atoms with Crippen LogP contribution in [0.1, 0.15) is 40.2 Å². The Hall–Kier alpha value is -0.613. The van der Waals surface area contributed by atoms with Crippen molar-refractivity contribution in [2.24, 2.45) is 0 Å². The predicted molar refractivity (Wildman–Crippen MR) is 61.0 cm³/mol. The van der Waals surface area contributed by atoms with Crippen molar-refractivity contribution in [1.29, 1.82) is 0 Å². The Morgan fingerprint density at radius 2 is 1.93 bits per heavy atom. The summed E-state index contributed by atoms with van der Waals surface area (Å²) in [6.07, 6.45) is 3.73. The number of H-pyrrole nitrogens is 1. The van der Waals surface area contributed by atoms with Crippen LogP contribution in [0.2, 0.25) is 5.04 Å². The van der Waals surface area contributed by atoms with Crippen molar-refractivity contribution in [1.82, 2.24) is 10.2 Å². The fraction of sp³-hybridized carbons (Fsp3) is 0.700. The van der Waals surface area contributed by atoms with Crippen molar-refractivity contribution in [3.8, 4) is 0 Å². The maximum Gasteiger partial charge on any atom is 0.168 e. The van der Waals surface area contributed by atoms with Gasteiger partial charge in [-0.25, -0.2) is 0 Å². The van der Waals surface area contributed by atoms with Gasteiger partial charge in [0.15, 0.2) is 9.76 Å². The van der Waals surface area contributed by atoms with Gasteiger partial charge in [0.1, 0.15) is 0 Å². The first-order chi connectivity index (χ1) is 6.31. The van der Waals surface area contributed by atoms with Gasteiger partial charge in [0, 0.05) is 11.8 Å². The normalized spacial score (nSPS) is 14.1. The van der Waals surface area contributed by atoms with Gasteiger partial charge >= 0.3 is 0 Å². The van der Waals surface area contributed by atoms with Gasteiger partial charge in [0.05, 0.1) is 11.8 Å². The van der Waals surface area contributed by atoms with Crippen LogP contribution in [0.3, 0.4) is 0 Å². The number of nitrogens with zero attached hydrogens (tertiary/aromatic N) is 1. The summed E-state index contributed by atoms with van der Waals surface area (Å²) in [6.45, 7) is 10.9. The van der Waals surface area contributed by atoms with Gasteiger partial charge in [-0.1, -0.05) is 20.8 Å². The SMILES string of the molecule is CC(C)(C)[SiH2]OC(C)(C)c1cn[nH]c1. The standard InChI is InChI=1S/C10H20N2OSi/c1-9(2,3)14-13-10(4,5)8-6-11-12-7-8/h6-7H,14H2,1-5H3,(H,11,12). The van der Waals surface area contributed by atoms with Crippen molar-refractivity contribution in [2.75, 3.05) is 0 Å². The number of aromatic nitrogens is 2. The molecule has 1 heterocycles. The Morgan fingerprint density at radius 3 is 2.36 bits per heavy atom. The van der Waals surface area contributed by atoms with E-state index in [4.69, 9.17) is 4.43 Å². The third-order valence-electron chi connectivity index (χ3n) is 2.06. The van der Waals surface area contributed by atoms with Crippen LogP contribution in [0.25, 0.3) is 0 Å². The highest BCUT2D eigenvalue weighted by Gasteiger charge is 2.24. The zero-order valence-electron chi connectivity index (χ0n) is 9.72. The Kier molecular flexibility index (Phi) is 3.16. The average molecular weight is 212 g/mol. The maximum absolute atomic E-state index is 6.02. The maximum atomic E-state index is 6.02. The third kappa shape index (κ3) is 3.27. The lowest BCUT2D eigenvalue weighted by Crippen LogP contribution is -2.27. The minimum atomic E-state index is -0.518. The van der Waals surface area contributed by atoms with Crippen molar-refractivity contribution < 1.29 is 4.43 Å². The van der Waals surface area contributed by atoms with E-state index < -0.39 is 9.76 Å². The molecule has 0 unspecified atom stereocenters. The van der Waals surface area contributed by atoms with Gasteiger partial charge in [0.2, 0.25) is 0 Å². The highest BCUT2D eigenvalue weighted by Crippen LogP contribution is 2.28. The summed E-state index contributed by atoms with van der Waals surface area (Å²) < 4.78 is 6.02. The highest BCUT2D eigenvalue weighted by atomic mass is 28.2. The fourth-order valence-electron chi connectivity index (χ4n) is 1.06. The van der Waals surface area contributed by atoms with Crippen LogP contribution in [-0.2, 0) is 10.0 Å². The molecule has 1 rings (SSSR count). The van der Waals surface area contributed by atoms with Gasteiger partial charge in [-0.3, -0.25) is 5.10 Å². The van der Waals surface area contributed by atoms with Crippen LogP contribution in [0.15, 0.2) is 12.4 Å². The molecule has 0 spiro atoms. The number of nitrogens with one attached hydrogen (secondary N) is 1. The van der Waals surface area contributed by atoms with Crippen LogP contribution < -0.4 is 0 Å². The molecule has 0 aromatic carbocycles. The molecule has 3 nitrogen and oxygen atoms in total. The zero-order chi connectivity index (χ0) is 10.8. The van der Waals surface area contributed by atoms with Crippen LogP contribution >= 0.6 is 0 Å². The second-order valence-electron chi connectivity index (χ2n) is 5.35. The van der Waals surface area contributed by atoms with Gasteiger partial charge in [-0.2, -0.15) is 5.10 Å². The molecule has 0 amide bonds. The smallest absolute Gasteiger partial charge is 0.168 e. The first kappa shape index (κ1) is 11.5. The highest BCUT2D eigenvalue weighted by molar-refractivity contribution is 6.31. The summed E-state index contributed by atoms with van der Waals surface area (Å²) in [5.41, 5.74) is 0.918. The van der Waals surface area contributed by atoms with Crippen molar-refractivity contribution in [3.63, 3.8) is 0 Å². The Labute approximate surface area is 88.2 Å². The van der Waals surface area contributed by atoms with E-state index in [1.807, 2.05) is 12.4 Å². The van der Waals surface area contributed by atoms with E-state index >= 15 is 0 Å². The summed E-state index contributed by atoms with van der Waals surface area (Å²) in [6, 6.07) is 0. The minimum Gasteiger partial charge on any atom is -0.414 e. The van der Waals surface area contributed by atoms with E-state index in [0.717, 1.165) is 5.56 Å². The lowest BCUT2D eigenvalue weighted by molar-refractivity contribution is 0.109. The second kappa shape index (κ2) is 3.86. The summed E-state index contributed by atoms with van der Waals surface area (Å²) >= 11 is 0. The predicted octanol–water partition coefficient (Wildman–Crippen LogP) is 1.96. The lowest BCUT2D eigenvalue weighted by atomic mass is 10.0. The number of hydrogen-bond acceptors (Lipinski definition) is 2. The van der Waals surface area contributed by atoms with Crippen LogP contribution in [0.4, 0.5) is 0 Å². The molecular weight excluding hydrogens is 192 g/mol. The molecular formula is C10H20N2OSi.